The smallest absolute Gasteiger partial charge is 0.231 e. The first-order chi connectivity index (χ1) is 13.2. The van der Waals surface area contributed by atoms with Crippen LogP contribution < -0.4 is 0 Å². The van der Waals surface area contributed by atoms with Crippen LogP contribution in [0.1, 0.15) is 29.5 Å². The van der Waals surface area contributed by atoms with Crippen LogP contribution in [0.2, 0.25) is 0 Å². The van der Waals surface area contributed by atoms with Gasteiger partial charge in [0.15, 0.2) is 0 Å². The van der Waals surface area contributed by atoms with E-state index in [-0.39, 0.29) is 30.2 Å². The van der Waals surface area contributed by atoms with E-state index in [9.17, 15) is 9.59 Å². The molecule has 3 aromatic carbocycles. The maximum Gasteiger partial charge on any atom is 0.231 e. The fourth-order valence-corrected chi connectivity index (χ4v) is 3.92. The molecule has 0 aromatic heterocycles. The SMILES string of the molecule is O=C1CCC(=O)N1C(c1ccccc1)(c1ccccc1)c1ccccc1F. The summed E-state index contributed by atoms with van der Waals surface area (Å²) in [4.78, 5) is 26.9. The number of amides is 2. The summed E-state index contributed by atoms with van der Waals surface area (Å²) in [6.07, 6.45) is 0.267. The molecule has 0 aliphatic carbocycles. The Morgan fingerprint density at radius 3 is 1.59 bits per heavy atom. The van der Waals surface area contributed by atoms with Crippen LogP contribution in [0, 0.1) is 5.82 Å². The highest BCUT2D eigenvalue weighted by Crippen LogP contribution is 2.45. The molecule has 1 saturated heterocycles. The molecular formula is C23H18FNO2. The first-order valence-corrected chi connectivity index (χ1v) is 8.87. The van der Waals surface area contributed by atoms with Crippen LogP contribution in [0.5, 0.6) is 0 Å². The van der Waals surface area contributed by atoms with Gasteiger partial charge in [0.25, 0.3) is 0 Å². The van der Waals surface area contributed by atoms with Crippen molar-refractivity contribution in [3.8, 4) is 0 Å². The second-order valence-electron chi connectivity index (χ2n) is 6.55. The van der Waals surface area contributed by atoms with Crippen LogP contribution in [0.15, 0.2) is 84.9 Å². The third-order valence-corrected chi connectivity index (χ3v) is 5.03. The molecule has 27 heavy (non-hydrogen) atoms. The highest BCUT2D eigenvalue weighted by molar-refractivity contribution is 6.04. The van der Waals surface area contributed by atoms with Crippen molar-refractivity contribution in [2.75, 3.05) is 0 Å². The van der Waals surface area contributed by atoms with Gasteiger partial charge in [0, 0.05) is 18.4 Å². The molecule has 0 radical (unpaired) electrons. The Bertz CT molecular complexity index is 930. The molecular weight excluding hydrogens is 341 g/mol. The van der Waals surface area contributed by atoms with Gasteiger partial charge < -0.3 is 0 Å². The second kappa shape index (κ2) is 6.80. The van der Waals surface area contributed by atoms with Gasteiger partial charge in [-0.3, -0.25) is 14.5 Å². The second-order valence-corrected chi connectivity index (χ2v) is 6.55. The lowest BCUT2D eigenvalue weighted by Crippen LogP contribution is -2.51. The minimum atomic E-state index is -1.35. The average molecular weight is 359 g/mol. The normalized spacial score (nSPS) is 14.6. The van der Waals surface area contributed by atoms with Crippen molar-refractivity contribution in [2.45, 2.75) is 18.4 Å². The Balaban J connectivity index is 2.15. The largest absolute Gasteiger partial charge is 0.274 e. The van der Waals surface area contributed by atoms with Gasteiger partial charge in [-0.05, 0) is 17.2 Å². The fraction of sp³-hybridized carbons (Fsp3) is 0.130. The number of imide groups is 1. The van der Waals surface area contributed by atoms with Crippen molar-refractivity contribution in [1.29, 1.82) is 0 Å². The Kier molecular flexibility index (Phi) is 4.32. The maximum absolute atomic E-state index is 15.1. The Morgan fingerprint density at radius 1 is 0.667 bits per heavy atom. The zero-order valence-electron chi connectivity index (χ0n) is 14.6. The van der Waals surface area contributed by atoms with Crippen molar-refractivity contribution < 1.29 is 14.0 Å². The molecule has 0 saturated carbocycles. The minimum Gasteiger partial charge on any atom is -0.274 e. The molecule has 1 heterocycles. The monoisotopic (exact) mass is 359 g/mol. The van der Waals surface area contributed by atoms with Crippen molar-refractivity contribution >= 4 is 11.8 Å². The highest BCUT2D eigenvalue weighted by atomic mass is 19.1. The number of halogens is 1. The molecule has 1 aliphatic heterocycles. The predicted octanol–water partition coefficient (Wildman–Crippen LogP) is 4.27. The van der Waals surface area contributed by atoms with Gasteiger partial charge in [0.1, 0.15) is 11.4 Å². The number of hydrogen-bond donors (Lipinski definition) is 0. The molecule has 0 unspecified atom stereocenters. The molecule has 1 fully saturated rings. The van der Waals surface area contributed by atoms with Gasteiger partial charge in [-0.25, -0.2) is 4.39 Å². The van der Waals surface area contributed by atoms with Crippen LogP contribution in [0.4, 0.5) is 4.39 Å². The van der Waals surface area contributed by atoms with E-state index in [0.29, 0.717) is 11.1 Å². The number of carbonyl (C=O) groups is 2. The van der Waals surface area contributed by atoms with Crippen molar-refractivity contribution in [3.05, 3.63) is 107 Å². The molecule has 2 amide bonds. The summed E-state index contributed by atoms with van der Waals surface area (Å²) in [5, 5.41) is 0. The van der Waals surface area contributed by atoms with E-state index >= 15 is 4.39 Å². The van der Waals surface area contributed by atoms with E-state index in [4.69, 9.17) is 0 Å². The number of likely N-dealkylation sites (tertiary alicyclic amines) is 1. The summed E-state index contributed by atoms with van der Waals surface area (Å²) in [7, 11) is 0. The molecule has 0 bridgehead atoms. The van der Waals surface area contributed by atoms with Crippen LogP contribution in [-0.4, -0.2) is 16.7 Å². The van der Waals surface area contributed by atoms with Gasteiger partial charge in [0.2, 0.25) is 11.8 Å². The quantitative estimate of drug-likeness (QED) is 0.515. The number of benzene rings is 3. The molecule has 0 N–H and O–H groups in total. The van der Waals surface area contributed by atoms with Crippen molar-refractivity contribution in [2.24, 2.45) is 0 Å². The molecule has 134 valence electrons. The third-order valence-electron chi connectivity index (χ3n) is 5.03. The topological polar surface area (TPSA) is 37.4 Å². The van der Waals surface area contributed by atoms with E-state index in [0.717, 1.165) is 0 Å². The van der Waals surface area contributed by atoms with Crippen LogP contribution in [-0.2, 0) is 15.1 Å². The Hall–Kier alpha value is -3.27. The minimum absolute atomic E-state index is 0.134. The van der Waals surface area contributed by atoms with Crippen molar-refractivity contribution in [3.63, 3.8) is 0 Å². The highest BCUT2D eigenvalue weighted by Gasteiger charge is 2.51. The first-order valence-electron chi connectivity index (χ1n) is 8.87. The molecule has 3 aromatic rings. The van der Waals surface area contributed by atoms with E-state index < -0.39 is 11.4 Å². The van der Waals surface area contributed by atoms with Crippen LogP contribution in [0.3, 0.4) is 0 Å². The number of hydrogen-bond acceptors (Lipinski definition) is 2. The summed E-state index contributed by atoms with van der Waals surface area (Å²) < 4.78 is 15.1. The van der Waals surface area contributed by atoms with Crippen molar-refractivity contribution in [1.82, 2.24) is 4.90 Å². The molecule has 3 nitrogen and oxygen atoms in total. The zero-order valence-corrected chi connectivity index (χ0v) is 14.6. The van der Waals surface area contributed by atoms with Crippen LogP contribution >= 0.6 is 0 Å². The first kappa shape index (κ1) is 17.2. The maximum atomic E-state index is 15.1. The van der Waals surface area contributed by atoms with Crippen LogP contribution in [0.25, 0.3) is 0 Å². The summed E-state index contributed by atoms with van der Waals surface area (Å²) in [5.74, 6) is -1.05. The fourth-order valence-electron chi connectivity index (χ4n) is 3.92. The van der Waals surface area contributed by atoms with Gasteiger partial charge >= 0.3 is 0 Å². The van der Waals surface area contributed by atoms with Gasteiger partial charge in [-0.15, -0.1) is 0 Å². The lowest BCUT2D eigenvalue weighted by Gasteiger charge is -2.42. The van der Waals surface area contributed by atoms with Gasteiger partial charge in [-0.1, -0.05) is 78.9 Å². The van der Waals surface area contributed by atoms with E-state index in [1.807, 2.05) is 60.7 Å². The third kappa shape index (κ3) is 2.65. The lowest BCUT2D eigenvalue weighted by molar-refractivity contribution is -0.143. The molecule has 1 aliphatic rings. The molecule has 4 rings (SSSR count). The standard InChI is InChI=1S/C23H18FNO2/c24-20-14-8-7-13-19(20)23(17-9-3-1-4-10-17,18-11-5-2-6-12-18)25-21(26)15-16-22(25)27/h1-14H,15-16H2. The molecule has 0 atom stereocenters. The van der Waals surface area contributed by atoms with Gasteiger partial charge in [0.05, 0.1) is 0 Å². The summed E-state index contributed by atoms with van der Waals surface area (Å²) in [5.41, 5.74) is 0.277. The molecule has 4 heteroatoms. The number of carbonyl (C=O) groups excluding carboxylic acids is 2. The van der Waals surface area contributed by atoms with E-state index in [1.54, 1.807) is 18.2 Å². The summed E-state index contributed by atoms with van der Waals surface area (Å²) >= 11 is 0. The Morgan fingerprint density at radius 2 is 1.11 bits per heavy atom. The molecule has 0 spiro atoms. The number of rotatable bonds is 4. The van der Waals surface area contributed by atoms with E-state index in [2.05, 4.69) is 0 Å². The van der Waals surface area contributed by atoms with Gasteiger partial charge in [-0.2, -0.15) is 0 Å². The predicted molar refractivity (Wildman–Crippen MR) is 100 cm³/mol. The lowest BCUT2D eigenvalue weighted by atomic mass is 9.75. The average Bonchev–Trinajstić information content (AvgIpc) is 3.05. The summed E-state index contributed by atoms with van der Waals surface area (Å²) in [6.45, 7) is 0. The summed E-state index contributed by atoms with van der Waals surface area (Å²) in [6, 6.07) is 24.7. The number of nitrogens with zero attached hydrogens (tertiary/aromatic N) is 1. The van der Waals surface area contributed by atoms with E-state index in [1.165, 1.54) is 11.0 Å². The Labute approximate surface area is 157 Å². The zero-order chi connectivity index (χ0) is 18.9.